The van der Waals surface area contributed by atoms with E-state index in [9.17, 15) is 4.79 Å². The fraction of sp³-hybridized carbons (Fsp3) is 0.625. The van der Waals surface area contributed by atoms with Gasteiger partial charge in [0, 0.05) is 6.42 Å². The van der Waals surface area contributed by atoms with E-state index in [4.69, 9.17) is 9.47 Å². The molecule has 0 aliphatic heterocycles. The van der Waals surface area contributed by atoms with Crippen LogP contribution >= 0.6 is 0 Å². The van der Waals surface area contributed by atoms with Crippen molar-refractivity contribution in [3.63, 3.8) is 0 Å². The van der Waals surface area contributed by atoms with Gasteiger partial charge in [0.05, 0.1) is 6.61 Å². The van der Waals surface area contributed by atoms with Crippen LogP contribution in [0.3, 0.4) is 0 Å². The number of carbonyl (C=O) groups excluding carboxylic acids is 1. The van der Waals surface area contributed by atoms with Gasteiger partial charge >= 0.3 is 5.97 Å². The van der Waals surface area contributed by atoms with Gasteiger partial charge in [-0.2, -0.15) is 0 Å². The van der Waals surface area contributed by atoms with Crippen molar-refractivity contribution in [3.05, 3.63) is 42.5 Å². The van der Waals surface area contributed by atoms with Crippen molar-refractivity contribution >= 4 is 5.97 Å². The van der Waals surface area contributed by atoms with Crippen LogP contribution in [0.2, 0.25) is 0 Å². The number of hydrogen-bond acceptors (Lipinski definition) is 3. The van der Waals surface area contributed by atoms with Crippen LogP contribution in [-0.2, 0) is 9.53 Å². The molecule has 0 unspecified atom stereocenters. The largest absolute Gasteiger partial charge is 0.494 e. The molecule has 0 saturated heterocycles. The molecule has 27 heavy (non-hydrogen) atoms. The molecule has 1 fully saturated rings. The molecule has 0 aromatic heterocycles. The first-order valence-electron chi connectivity index (χ1n) is 10.7. The first-order valence-corrected chi connectivity index (χ1v) is 10.7. The second-order valence-electron chi connectivity index (χ2n) is 7.71. The van der Waals surface area contributed by atoms with Gasteiger partial charge in [-0.3, -0.25) is 4.79 Å². The number of carbonyl (C=O) groups is 1. The predicted molar refractivity (Wildman–Crippen MR) is 111 cm³/mol. The van der Waals surface area contributed by atoms with E-state index in [-0.39, 0.29) is 5.97 Å². The average Bonchev–Trinajstić information content (AvgIpc) is 2.70. The van der Waals surface area contributed by atoms with Crippen molar-refractivity contribution in [3.8, 4) is 5.75 Å². The predicted octanol–water partition coefficient (Wildman–Crippen LogP) is 6.43. The molecule has 0 spiro atoms. The first-order chi connectivity index (χ1) is 13.2. The van der Waals surface area contributed by atoms with Crippen molar-refractivity contribution in [1.29, 1.82) is 0 Å². The molecular weight excluding hydrogens is 336 g/mol. The summed E-state index contributed by atoms with van der Waals surface area (Å²) in [5, 5.41) is 0. The molecule has 1 aromatic carbocycles. The van der Waals surface area contributed by atoms with Crippen LogP contribution in [0, 0.1) is 5.92 Å². The summed E-state index contributed by atoms with van der Waals surface area (Å²) >= 11 is 0. The highest BCUT2D eigenvalue weighted by molar-refractivity contribution is 5.69. The van der Waals surface area contributed by atoms with Gasteiger partial charge in [-0.15, -0.1) is 0 Å². The van der Waals surface area contributed by atoms with Crippen molar-refractivity contribution in [2.24, 2.45) is 5.92 Å². The molecule has 2 rings (SSSR count). The van der Waals surface area contributed by atoms with Gasteiger partial charge in [0.15, 0.2) is 0 Å². The molecule has 1 saturated carbocycles. The quantitative estimate of drug-likeness (QED) is 0.241. The lowest BCUT2D eigenvalue weighted by atomic mass is 9.77. The number of unbranched alkanes of at least 4 members (excludes halogenated alkanes) is 2. The minimum atomic E-state index is -0.143. The van der Waals surface area contributed by atoms with Crippen LogP contribution in [0.15, 0.2) is 36.9 Å². The minimum absolute atomic E-state index is 0.143. The van der Waals surface area contributed by atoms with Crippen LogP contribution in [0.4, 0.5) is 0 Å². The van der Waals surface area contributed by atoms with E-state index in [1.807, 2.05) is 0 Å². The zero-order chi connectivity index (χ0) is 19.3. The van der Waals surface area contributed by atoms with Gasteiger partial charge in [-0.1, -0.05) is 44.6 Å². The van der Waals surface area contributed by atoms with E-state index in [1.165, 1.54) is 44.1 Å². The molecule has 0 radical (unpaired) electrons. The fourth-order valence-electron chi connectivity index (χ4n) is 3.99. The number of benzene rings is 1. The van der Waals surface area contributed by atoms with E-state index in [1.54, 1.807) is 6.08 Å². The summed E-state index contributed by atoms with van der Waals surface area (Å²) in [6, 6.07) is 8.71. The highest BCUT2D eigenvalue weighted by atomic mass is 16.5. The van der Waals surface area contributed by atoms with E-state index in [0.29, 0.717) is 19.6 Å². The number of rotatable bonds is 12. The Hall–Kier alpha value is -1.77. The van der Waals surface area contributed by atoms with Crippen LogP contribution in [0.5, 0.6) is 5.75 Å². The van der Waals surface area contributed by atoms with Crippen LogP contribution in [0.25, 0.3) is 0 Å². The Balaban J connectivity index is 1.59. The molecule has 0 bridgehead atoms. The number of esters is 1. The second-order valence-corrected chi connectivity index (χ2v) is 7.71. The summed E-state index contributed by atoms with van der Waals surface area (Å²) in [6.07, 6.45) is 13.0. The van der Waals surface area contributed by atoms with Gasteiger partial charge in [0.2, 0.25) is 0 Å². The Morgan fingerprint density at radius 1 is 1.11 bits per heavy atom. The highest BCUT2D eigenvalue weighted by Crippen LogP contribution is 2.37. The van der Waals surface area contributed by atoms with Gasteiger partial charge in [-0.05, 0) is 74.5 Å². The SMILES string of the molecule is C=CCOC(=O)CCCCCOc1ccc(C2CCC(CCC)CC2)cc1. The molecule has 150 valence electrons. The van der Waals surface area contributed by atoms with Crippen molar-refractivity contribution in [2.45, 2.75) is 77.0 Å². The zero-order valence-electron chi connectivity index (χ0n) is 17.0. The first kappa shape index (κ1) is 21.5. The summed E-state index contributed by atoms with van der Waals surface area (Å²) in [6.45, 7) is 6.83. The monoisotopic (exact) mass is 372 g/mol. The van der Waals surface area contributed by atoms with Gasteiger partial charge in [0.25, 0.3) is 0 Å². The lowest BCUT2D eigenvalue weighted by Crippen LogP contribution is -2.13. The lowest BCUT2D eigenvalue weighted by Gasteiger charge is -2.28. The summed E-state index contributed by atoms with van der Waals surface area (Å²) in [5.41, 5.74) is 1.47. The summed E-state index contributed by atoms with van der Waals surface area (Å²) in [7, 11) is 0. The Labute approximate surface area is 165 Å². The molecule has 3 nitrogen and oxygen atoms in total. The maximum Gasteiger partial charge on any atom is 0.306 e. The summed E-state index contributed by atoms with van der Waals surface area (Å²) in [5.74, 6) is 2.49. The van der Waals surface area contributed by atoms with Crippen molar-refractivity contribution < 1.29 is 14.3 Å². The van der Waals surface area contributed by atoms with Crippen molar-refractivity contribution in [1.82, 2.24) is 0 Å². The van der Waals surface area contributed by atoms with E-state index in [2.05, 4.69) is 37.8 Å². The minimum Gasteiger partial charge on any atom is -0.494 e. The van der Waals surface area contributed by atoms with Gasteiger partial charge in [-0.25, -0.2) is 0 Å². The maximum absolute atomic E-state index is 11.4. The molecular formula is C24H36O3. The maximum atomic E-state index is 11.4. The summed E-state index contributed by atoms with van der Waals surface area (Å²) < 4.78 is 10.8. The molecule has 1 aromatic rings. The fourth-order valence-corrected chi connectivity index (χ4v) is 3.99. The topological polar surface area (TPSA) is 35.5 Å². The Bertz CT molecular complexity index is 541. The third-order valence-electron chi connectivity index (χ3n) is 5.55. The third kappa shape index (κ3) is 8.19. The molecule has 0 N–H and O–H groups in total. The molecule has 0 atom stereocenters. The third-order valence-corrected chi connectivity index (χ3v) is 5.55. The molecule has 0 amide bonds. The molecule has 0 heterocycles. The lowest BCUT2D eigenvalue weighted by molar-refractivity contribution is -0.142. The average molecular weight is 373 g/mol. The molecule has 1 aliphatic carbocycles. The Morgan fingerprint density at radius 3 is 2.52 bits per heavy atom. The van der Waals surface area contributed by atoms with E-state index in [0.717, 1.165) is 36.8 Å². The normalized spacial score (nSPS) is 19.4. The second kappa shape index (κ2) is 12.6. The highest BCUT2D eigenvalue weighted by Gasteiger charge is 2.21. The number of hydrogen-bond donors (Lipinski definition) is 0. The summed E-state index contributed by atoms with van der Waals surface area (Å²) in [4.78, 5) is 11.4. The Kier molecular flexibility index (Phi) is 10.0. The number of ether oxygens (including phenoxy) is 2. The van der Waals surface area contributed by atoms with E-state index >= 15 is 0 Å². The standard InChI is InChI=1S/C24H36O3/c1-3-8-20-10-12-21(13-11-20)22-14-16-23(17-15-22)26-19-7-5-6-9-24(25)27-18-4-2/h4,14-17,20-21H,2-3,5-13,18-19H2,1H3. The Morgan fingerprint density at radius 2 is 1.85 bits per heavy atom. The van der Waals surface area contributed by atoms with Gasteiger partial charge < -0.3 is 9.47 Å². The molecule has 3 heteroatoms. The van der Waals surface area contributed by atoms with Crippen molar-refractivity contribution in [2.75, 3.05) is 13.2 Å². The van der Waals surface area contributed by atoms with Crippen LogP contribution in [0.1, 0.15) is 82.6 Å². The molecule has 1 aliphatic rings. The van der Waals surface area contributed by atoms with Crippen LogP contribution < -0.4 is 4.74 Å². The smallest absolute Gasteiger partial charge is 0.306 e. The van der Waals surface area contributed by atoms with Gasteiger partial charge in [0.1, 0.15) is 12.4 Å². The zero-order valence-corrected chi connectivity index (χ0v) is 17.0. The van der Waals surface area contributed by atoms with E-state index < -0.39 is 0 Å². The van der Waals surface area contributed by atoms with Crippen LogP contribution in [-0.4, -0.2) is 19.2 Å².